The van der Waals surface area contributed by atoms with Crippen molar-refractivity contribution in [2.75, 3.05) is 5.73 Å². The Bertz CT molecular complexity index is 329. The molecular formula is C12H17NO. The molecule has 0 bridgehead atoms. The number of nitrogen functional groups attached to an aromatic ring is 1. The van der Waals surface area contributed by atoms with Crippen molar-refractivity contribution in [1.29, 1.82) is 0 Å². The third-order valence-electron chi connectivity index (χ3n) is 2.04. The lowest BCUT2D eigenvalue weighted by Gasteiger charge is -2.09. The van der Waals surface area contributed by atoms with Crippen LogP contribution in [0.2, 0.25) is 0 Å². The molecular weight excluding hydrogens is 174 g/mol. The van der Waals surface area contributed by atoms with Crippen LogP contribution in [0, 0.1) is 0 Å². The molecule has 0 radical (unpaired) electrons. The van der Waals surface area contributed by atoms with Gasteiger partial charge in [0.15, 0.2) is 0 Å². The van der Waals surface area contributed by atoms with Gasteiger partial charge in [0, 0.05) is 0 Å². The molecule has 2 heteroatoms. The van der Waals surface area contributed by atoms with Gasteiger partial charge in [0.2, 0.25) is 0 Å². The van der Waals surface area contributed by atoms with E-state index in [2.05, 4.69) is 13.8 Å². The summed E-state index contributed by atoms with van der Waals surface area (Å²) >= 11 is 0. The highest BCUT2D eigenvalue weighted by Crippen LogP contribution is 2.26. The van der Waals surface area contributed by atoms with Crippen molar-refractivity contribution < 1.29 is 4.74 Å². The zero-order chi connectivity index (χ0) is 10.6. The lowest BCUT2D eigenvalue weighted by molar-refractivity contribution is 0.481. The Morgan fingerprint density at radius 2 is 2.07 bits per heavy atom. The van der Waals surface area contributed by atoms with Crippen LogP contribution in [-0.4, -0.2) is 0 Å². The Morgan fingerprint density at radius 1 is 1.36 bits per heavy atom. The smallest absolute Gasteiger partial charge is 0.149 e. The zero-order valence-electron chi connectivity index (χ0n) is 8.95. The standard InChI is InChI=1S/C12H17NO/c1-4-7-14-12-8-10(9(2)3)5-6-11(12)13/h4-9H,13H2,1-3H3/b7-4-. The number of nitrogens with two attached hydrogens (primary N) is 1. The van der Waals surface area contributed by atoms with Crippen LogP contribution in [0.25, 0.3) is 0 Å². The van der Waals surface area contributed by atoms with Crippen LogP contribution in [-0.2, 0) is 0 Å². The second-order valence-corrected chi connectivity index (χ2v) is 3.54. The maximum Gasteiger partial charge on any atom is 0.149 e. The zero-order valence-corrected chi connectivity index (χ0v) is 8.95. The first-order valence-corrected chi connectivity index (χ1v) is 4.82. The van der Waals surface area contributed by atoms with Crippen LogP contribution in [0.3, 0.4) is 0 Å². The van der Waals surface area contributed by atoms with Crippen LogP contribution in [0.5, 0.6) is 5.75 Å². The SMILES string of the molecule is C/C=C\Oc1cc(C(C)C)ccc1N. The summed E-state index contributed by atoms with van der Waals surface area (Å²) in [6.07, 6.45) is 3.47. The number of hydrogen-bond acceptors (Lipinski definition) is 2. The fraction of sp³-hybridized carbons (Fsp3) is 0.333. The first-order valence-electron chi connectivity index (χ1n) is 4.82. The first-order chi connectivity index (χ1) is 6.65. The molecule has 1 rings (SSSR count). The van der Waals surface area contributed by atoms with Crippen molar-refractivity contribution in [3.63, 3.8) is 0 Å². The molecule has 1 aromatic carbocycles. The Morgan fingerprint density at radius 3 is 2.64 bits per heavy atom. The van der Waals surface area contributed by atoms with Crippen molar-refractivity contribution >= 4 is 5.69 Å². The van der Waals surface area contributed by atoms with E-state index >= 15 is 0 Å². The summed E-state index contributed by atoms with van der Waals surface area (Å²) in [7, 11) is 0. The van der Waals surface area contributed by atoms with Crippen molar-refractivity contribution in [3.05, 3.63) is 36.1 Å². The molecule has 0 aliphatic rings. The van der Waals surface area contributed by atoms with Gasteiger partial charge in [0.1, 0.15) is 5.75 Å². The number of allylic oxidation sites excluding steroid dienone is 1. The highest BCUT2D eigenvalue weighted by molar-refractivity contribution is 5.54. The molecule has 0 unspecified atom stereocenters. The number of anilines is 1. The van der Waals surface area contributed by atoms with Gasteiger partial charge >= 0.3 is 0 Å². The van der Waals surface area contributed by atoms with Crippen LogP contribution >= 0.6 is 0 Å². The summed E-state index contributed by atoms with van der Waals surface area (Å²) in [4.78, 5) is 0. The molecule has 14 heavy (non-hydrogen) atoms. The van der Waals surface area contributed by atoms with Gasteiger partial charge in [-0.1, -0.05) is 26.0 Å². The Balaban J connectivity index is 2.96. The summed E-state index contributed by atoms with van der Waals surface area (Å²) in [5, 5.41) is 0. The van der Waals surface area contributed by atoms with E-state index in [4.69, 9.17) is 10.5 Å². The maximum atomic E-state index is 5.77. The van der Waals surface area contributed by atoms with Gasteiger partial charge in [-0.05, 0) is 30.5 Å². The minimum absolute atomic E-state index is 0.489. The molecule has 0 heterocycles. The lowest BCUT2D eigenvalue weighted by Crippen LogP contribution is -1.94. The van der Waals surface area contributed by atoms with Crippen LogP contribution in [0.1, 0.15) is 32.3 Å². The predicted octanol–water partition coefficient (Wildman–Crippen LogP) is 3.30. The molecule has 0 aliphatic carbocycles. The normalized spacial score (nSPS) is 11.1. The van der Waals surface area contributed by atoms with E-state index < -0.39 is 0 Å². The maximum absolute atomic E-state index is 5.77. The summed E-state index contributed by atoms with van der Waals surface area (Å²) in [6, 6.07) is 5.90. The van der Waals surface area contributed by atoms with E-state index in [1.54, 1.807) is 6.26 Å². The Labute approximate surface area is 85.4 Å². The topological polar surface area (TPSA) is 35.2 Å². The average Bonchev–Trinajstić information content (AvgIpc) is 2.16. The summed E-state index contributed by atoms with van der Waals surface area (Å²) in [5.41, 5.74) is 7.68. The summed E-state index contributed by atoms with van der Waals surface area (Å²) < 4.78 is 5.37. The highest BCUT2D eigenvalue weighted by atomic mass is 16.5. The second kappa shape index (κ2) is 4.70. The van der Waals surface area contributed by atoms with E-state index in [-0.39, 0.29) is 0 Å². The predicted molar refractivity (Wildman–Crippen MR) is 60.4 cm³/mol. The largest absolute Gasteiger partial charge is 0.463 e. The molecule has 0 fully saturated rings. The van der Waals surface area contributed by atoms with E-state index in [9.17, 15) is 0 Å². The van der Waals surface area contributed by atoms with Gasteiger partial charge in [-0.3, -0.25) is 0 Å². The van der Waals surface area contributed by atoms with E-state index in [1.165, 1.54) is 5.56 Å². The fourth-order valence-corrected chi connectivity index (χ4v) is 1.15. The molecule has 0 aromatic heterocycles. The van der Waals surface area contributed by atoms with Crippen LogP contribution in [0.15, 0.2) is 30.5 Å². The third kappa shape index (κ3) is 2.52. The first kappa shape index (κ1) is 10.6. The van der Waals surface area contributed by atoms with Crippen LogP contribution < -0.4 is 10.5 Å². The number of ether oxygens (including phenoxy) is 1. The summed E-state index contributed by atoms with van der Waals surface area (Å²) in [5.74, 6) is 1.22. The molecule has 76 valence electrons. The number of rotatable bonds is 3. The monoisotopic (exact) mass is 191 g/mol. The number of hydrogen-bond donors (Lipinski definition) is 1. The van der Waals surface area contributed by atoms with Gasteiger partial charge in [-0.15, -0.1) is 0 Å². The van der Waals surface area contributed by atoms with Gasteiger partial charge in [0.25, 0.3) is 0 Å². The quantitative estimate of drug-likeness (QED) is 0.587. The van der Waals surface area contributed by atoms with Crippen LogP contribution in [0.4, 0.5) is 5.69 Å². The summed E-state index contributed by atoms with van der Waals surface area (Å²) in [6.45, 7) is 6.19. The van der Waals surface area contributed by atoms with Crippen molar-refractivity contribution in [2.45, 2.75) is 26.7 Å². The molecule has 2 N–H and O–H groups in total. The highest BCUT2D eigenvalue weighted by Gasteiger charge is 2.03. The van der Waals surface area contributed by atoms with Gasteiger partial charge in [0.05, 0.1) is 11.9 Å². The van der Waals surface area contributed by atoms with Crippen molar-refractivity contribution in [1.82, 2.24) is 0 Å². The van der Waals surface area contributed by atoms with Crippen molar-refractivity contribution in [2.24, 2.45) is 0 Å². The van der Waals surface area contributed by atoms with E-state index in [1.807, 2.05) is 31.2 Å². The minimum Gasteiger partial charge on any atom is -0.463 e. The van der Waals surface area contributed by atoms with E-state index in [0.717, 1.165) is 5.75 Å². The lowest BCUT2D eigenvalue weighted by atomic mass is 10.0. The second-order valence-electron chi connectivity index (χ2n) is 3.54. The van der Waals surface area contributed by atoms with Gasteiger partial charge in [-0.25, -0.2) is 0 Å². The molecule has 0 aliphatic heterocycles. The minimum atomic E-state index is 0.489. The Hall–Kier alpha value is -1.44. The molecule has 0 amide bonds. The molecule has 0 spiro atoms. The van der Waals surface area contributed by atoms with Gasteiger partial charge in [-0.2, -0.15) is 0 Å². The van der Waals surface area contributed by atoms with E-state index in [0.29, 0.717) is 11.6 Å². The number of benzene rings is 1. The molecule has 0 saturated carbocycles. The molecule has 0 atom stereocenters. The third-order valence-corrected chi connectivity index (χ3v) is 2.04. The molecule has 1 aromatic rings. The van der Waals surface area contributed by atoms with Gasteiger partial charge < -0.3 is 10.5 Å². The molecule has 2 nitrogen and oxygen atoms in total. The fourth-order valence-electron chi connectivity index (χ4n) is 1.15. The average molecular weight is 191 g/mol. The molecule has 0 saturated heterocycles. The van der Waals surface area contributed by atoms with Crippen molar-refractivity contribution in [3.8, 4) is 5.75 Å². The Kier molecular flexibility index (Phi) is 3.57.